The number of nitrogens with zero attached hydrogens (tertiary/aromatic N) is 1. The Balaban J connectivity index is 1.93. The Morgan fingerprint density at radius 1 is 1.10 bits per heavy atom. The highest BCUT2D eigenvalue weighted by atomic mass is 32.2. The minimum atomic E-state index is -0.199. The lowest BCUT2D eigenvalue weighted by molar-refractivity contribution is 0.611. The Hall–Kier alpha value is -1.81. The SMILES string of the molecule is CSc1ccc(C2=NNCCC2c2ccc(F)cc2)cc1. The summed E-state index contributed by atoms with van der Waals surface area (Å²) < 4.78 is 13.1. The van der Waals surface area contributed by atoms with E-state index in [1.54, 1.807) is 11.8 Å². The molecule has 2 aromatic carbocycles. The minimum absolute atomic E-state index is 0.199. The first kappa shape index (κ1) is 14.1. The molecule has 0 radical (unpaired) electrons. The first-order chi connectivity index (χ1) is 10.3. The Labute approximate surface area is 128 Å². The summed E-state index contributed by atoms with van der Waals surface area (Å²) in [5, 5.41) is 4.50. The average Bonchev–Trinajstić information content (AvgIpc) is 2.56. The van der Waals surface area contributed by atoms with Crippen LogP contribution in [-0.2, 0) is 0 Å². The summed E-state index contributed by atoms with van der Waals surface area (Å²) in [6.45, 7) is 0.842. The van der Waals surface area contributed by atoms with E-state index in [4.69, 9.17) is 0 Å². The lowest BCUT2D eigenvalue weighted by atomic mass is 9.86. The van der Waals surface area contributed by atoms with Crippen molar-refractivity contribution < 1.29 is 4.39 Å². The van der Waals surface area contributed by atoms with Crippen LogP contribution in [0, 0.1) is 5.82 Å². The maximum atomic E-state index is 13.1. The van der Waals surface area contributed by atoms with E-state index < -0.39 is 0 Å². The number of nitrogens with one attached hydrogen (secondary N) is 1. The third-order valence-corrected chi connectivity index (χ3v) is 4.48. The van der Waals surface area contributed by atoms with E-state index in [0.717, 1.165) is 29.8 Å². The summed E-state index contributed by atoms with van der Waals surface area (Å²) in [5.41, 5.74) is 6.35. The fraction of sp³-hybridized carbons (Fsp3) is 0.235. The zero-order valence-corrected chi connectivity index (χ0v) is 12.7. The second kappa shape index (κ2) is 6.31. The van der Waals surface area contributed by atoms with Crippen molar-refractivity contribution >= 4 is 17.5 Å². The highest BCUT2D eigenvalue weighted by molar-refractivity contribution is 7.98. The monoisotopic (exact) mass is 300 g/mol. The molecular weight excluding hydrogens is 283 g/mol. The first-order valence-corrected chi connectivity index (χ1v) is 8.21. The van der Waals surface area contributed by atoms with Gasteiger partial charge in [-0.2, -0.15) is 5.10 Å². The summed E-state index contributed by atoms with van der Waals surface area (Å²) in [4.78, 5) is 1.24. The van der Waals surface area contributed by atoms with Gasteiger partial charge in [0.25, 0.3) is 0 Å². The highest BCUT2D eigenvalue weighted by Crippen LogP contribution is 2.28. The molecule has 1 atom stereocenters. The fourth-order valence-electron chi connectivity index (χ4n) is 2.61. The van der Waals surface area contributed by atoms with Crippen molar-refractivity contribution in [3.63, 3.8) is 0 Å². The van der Waals surface area contributed by atoms with Gasteiger partial charge < -0.3 is 5.43 Å². The van der Waals surface area contributed by atoms with E-state index in [2.05, 4.69) is 41.0 Å². The molecule has 2 aromatic rings. The number of rotatable bonds is 3. The van der Waals surface area contributed by atoms with Crippen LogP contribution < -0.4 is 5.43 Å². The first-order valence-electron chi connectivity index (χ1n) is 6.98. The molecule has 1 N–H and O–H groups in total. The quantitative estimate of drug-likeness (QED) is 0.866. The second-order valence-corrected chi connectivity index (χ2v) is 5.91. The summed E-state index contributed by atoms with van der Waals surface area (Å²) in [5.74, 6) is 0.0162. The van der Waals surface area contributed by atoms with Gasteiger partial charge in [0.2, 0.25) is 0 Å². The van der Waals surface area contributed by atoms with Gasteiger partial charge in [0.15, 0.2) is 0 Å². The van der Waals surface area contributed by atoms with Gasteiger partial charge in [-0.3, -0.25) is 0 Å². The molecule has 3 rings (SSSR count). The lowest BCUT2D eigenvalue weighted by Crippen LogP contribution is -2.27. The Morgan fingerprint density at radius 2 is 1.81 bits per heavy atom. The predicted octanol–water partition coefficient (Wildman–Crippen LogP) is 4.03. The maximum Gasteiger partial charge on any atom is 0.123 e. The molecular formula is C17H17FN2S. The second-order valence-electron chi connectivity index (χ2n) is 5.03. The van der Waals surface area contributed by atoms with E-state index in [1.807, 2.05) is 12.1 Å². The molecule has 0 bridgehead atoms. The molecule has 2 nitrogen and oxygen atoms in total. The van der Waals surface area contributed by atoms with Crippen LogP contribution in [0.1, 0.15) is 23.5 Å². The maximum absolute atomic E-state index is 13.1. The van der Waals surface area contributed by atoms with Gasteiger partial charge in [-0.15, -0.1) is 11.8 Å². The molecule has 1 aliphatic rings. The number of benzene rings is 2. The molecule has 21 heavy (non-hydrogen) atoms. The van der Waals surface area contributed by atoms with Crippen molar-refractivity contribution in [3.8, 4) is 0 Å². The zero-order chi connectivity index (χ0) is 14.7. The van der Waals surface area contributed by atoms with Crippen LogP contribution >= 0.6 is 11.8 Å². The van der Waals surface area contributed by atoms with Crippen LogP contribution in [0.15, 0.2) is 58.5 Å². The van der Waals surface area contributed by atoms with Crippen molar-refractivity contribution in [2.45, 2.75) is 17.2 Å². The van der Waals surface area contributed by atoms with Gasteiger partial charge in [0, 0.05) is 17.4 Å². The molecule has 0 fully saturated rings. The number of hydrazone groups is 1. The van der Waals surface area contributed by atoms with E-state index >= 15 is 0 Å². The van der Waals surface area contributed by atoms with Crippen molar-refractivity contribution in [2.75, 3.05) is 12.8 Å². The molecule has 0 aliphatic carbocycles. The average molecular weight is 300 g/mol. The van der Waals surface area contributed by atoms with Gasteiger partial charge in [0.1, 0.15) is 5.82 Å². The molecule has 1 aliphatic heterocycles. The van der Waals surface area contributed by atoms with E-state index in [1.165, 1.54) is 17.0 Å². The third-order valence-electron chi connectivity index (χ3n) is 3.73. The Kier molecular flexibility index (Phi) is 4.25. The van der Waals surface area contributed by atoms with Crippen molar-refractivity contribution in [1.82, 2.24) is 5.43 Å². The predicted molar refractivity (Wildman–Crippen MR) is 86.5 cm³/mol. The van der Waals surface area contributed by atoms with E-state index in [-0.39, 0.29) is 11.7 Å². The van der Waals surface area contributed by atoms with E-state index in [9.17, 15) is 4.39 Å². The number of thioether (sulfide) groups is 1. The van der Waals surface area contributed by atoms with Gasteiger partial charge >= 0.3 is 0 Å². The van der Waals surface area contributed by atoms with Crippen LogP contribution in [0.5, 0.6) is 0 Å². The fourth-order valence-corrected chi connectivity index (χ4v) is 3.02. The van der Waals surface area contributed by atoms with Crippen LogP contribution in [0.3, 0.4) is 0 Å². The molecule has 0 saturated carbocycles. The largest absolute Gasteiger partial charge is 0.310 e. The molecule has 0 saturated heterocycles. The Bertz CT molecular complexity index is 635. The zero-order valence-electron chi connectivity index (χ0n) is 11.8. The molecule has 0 spiro atoms. The molecule has 1 heterocycles. The highest BCUT2D eigenvalue weighted by Gasteiger charge is 2.22. The third kappa shape index (κ3) is 3.10. The molecule has 108 valence electrons. The van der Waals surface area contributed by atoms with E-state index in [0.29, 0.717) is 0 Å². The van der Waals surface area contributed by atoms with Gasteiger partial charge in [-0.05, 0) is 48.1 Å². The van der Waals surface area contributed by atoms with Crippen LogP contribution in [0.25, 0.3) is 0 Å². The minimum Gasteiger partial charge on any atom is -0.310 e. The van der Waals surface area contributed by atoms with Gasteiger partial charge in [0.05, 0.1) is 5.71 Å². The summed E-state index contributed by atoms with van der Waals surface area (Å²) in [6, 6.07) is 15.2. The smallest absolute Gasteiger partial charge is 0.123 e. The summed E-state index contributed by atoms with van der Waals surface area (Å²) >= 11 is 1.73. The standard InChI is InChI=1S/C17H17FN2S/c1-21-15-8-4-13(5-9-15)17-16(10-11-19-20-17)12-2-6-14(18)7-3-12/h2-9,16,19H,10-11H2,1H3. The molecule has 0 aromatic heterocycles. The number of halogens is 1. The van der Waals surface area contributed by atoms with Crippen molar-refractivity contribution in [1.29, 1.82) is 0 Å². The normalized spacial score (nSPS) is 18.0. The van der Waals surface area contributed by atoms with Crippen LogP contribution in [0.4, 0.5) is 4.39 Å². The van der Waals surface area contributed by atoms with Gasteiger partial charge in [-0.25, -0.2) is 4.39 Å². The van der Waals surface area contributed by atoms with Gasteiger partial charge in [-0.1, -0.05) is 24.3 Å². The van der Waals surface area contributed by atoms with Crippen LogP contribution in [-0.4, -0.2) is 18.5 Å². The molecule has 1 unspecified atom stereocenters. The summed E-state index contributed by atoms with van der Waals surface area (Å²) in [7, 11) is 0. The number of hydrogen-bond donors (Lipinski definition) is 1. The summed E-state index contributed by atoms with van der Waals surface area (Å²) in [6.07, 6.45) is 3.03. The molecule has 4 heteroatoms. The lowest BCUT2D eigenvalue weighted by Gasteiger charge is -2.24. The van der Waals surface area contributed by atoms with Crippen molar-refractivity contribution in [3.05, 3.63) is 65.5 Å². The van der Waals surface area contributed by atoms with Crippen LogP contribution in [0.2, 0.25) is 0 Å². The Morgan fingerprint density at radius 3 is 2.48 bits per heavy atom. The number of hydrogen-bond acceptors (Lipinski definition) is 3. The molecule has 0 amide bonds. The topological polar surface area (TPSA) is 24.4 Å². The van der Waals surface area contributed by atoms with Crippen molar-refractivity contribution in [2.24, 2.45) is 5.10 Å².